The molecule has 1 aromatic carbocycles. The number of hydrogen-bond donors (Lipinski definition) is 1. The zero-order valence-corrected chi connectivity index (χ0v) is 19.8. The minimum absolute atomic E-state index is 0.000842. The standard InChI is InChI=1S/C25H22N6O2S/c1-4-33-21-10-6-5-9-20(21)30-15(2)12-18(16(30)3)13-19-22(26)31-25(28-23(19)32)34-24(29-31)17-8-7-11-27-14-17/h5-14,26H,4H2,1-3H3/b19-13-,26-22?. The third kappa shape index (κ3) is 3.73. The van der Waals surface area contributed by atoms with Gasteiger partial charge in [0.05, 0.1) is 17.9 Å². The van der Waals surface area contributed by atoms with Gasteiger partial charge in [0.25, 0.3) is 5.91 Å². The Hall–Kier alpha value is -3.98. The van der Waals surface area contributed by atoms with E-state index < -0.39 is 5.91 Å². The Labute approximate surface area is 201 Å². The number of aliphatic imine (C=N–C) groups is 1. The summed E-state index contributed by atoms with van der Waals surface area (Å²) in [4.78, 5) is 21.2. The normalized spacial score (nSPS) is 16.6. The van der Waals surface area contributed by atoms with Crippen LogP contribution < -0.4 is 4.74 Å². The number of pyridine rings is 1. The fourth-order valence-corrected chi connectivity index (χ4v) is 4.86. The molecular weight excluding hydrogens is 448 g/mol. The van der Waals surface area contributed by atoms with Gasteiger partial charge < -0.3 is 9.30 Å². The van der Waals surface area contributed by atoms with Crippen molar-refractivity contribution >= 4 is 39.8 Å². The van der Waals surface area contributed by atoms with Crippen LogP contribution in [0.3, 0.4) is 0 Å². The number of ether oxygens (including phenoxy) is 1. The molecule has 8 nitrogen and oxygen atoms in total. The largest absolute Gasteiger partial charge is 0.492 e. The zero-order valence-electron chi connectivity index (χ0n) is 18.9. The molecule has 0 saturated heterocycles. The molecule has 0 aliphatic carbocycles. The van der Waals surface area contributed by atoms with Crippen LogP contribution in [0.2, 0.25) is 0 Å². The maximum absolute atomic E-state index is 12.9. The molecule has 170 valence electrons. The van der Waals surface area contributed by atoms with Crippen molar-refractivity contribution in [3.05, 3.63) is 82.9 Å². The molecule has 3 aromatic rings. The van der Waals surface area contributed by atoms with Gasteiger partial charge in [-0.3, -0.25) is 15.2 Å². The first-order valence-electron chi connectivity index (χ1n) is 10.8. The summed E-state index contributed by atoms with van der Waals surface area (Å²) in [6, 6.07) is 13.5. The SMILES string of the molecule is CCOc1ccccc1-n1c(C)cc(/C=C2/C(=N)N3N=C(c4cccnc4)SC3=NC2=O)c1C. The van der Waals surface area contributed by atoms with E-state index >= 15 is 0 Å². The Kier molecular flexibility index (Phi) is 5.62. The topological polar surface area (TPSA) is 95.9 Å². The Morgan fingerprint density at radius 1 is 1.18 bits per heavy atom. The molecule has 0 atom stereocenters. The summed E-state index contributed by atoms with van der Waals surface area (Å²) in [5, 5.41) is 15.6. The van der Waals surface area contributed by atoms with E-state index in [0.29, 0.717) is 16.8 Å². The van der Waals surface area contributed by atoms with Crippen LogP contribution in [0.1, 0.15) is 29.4 Å². The highest BCUT2D eigenvalue weighted by Crippen LogP contribution is 2.33. The third-order valence-electron chi connectivity index (χ3n) is 5.54. The highest BCUT2D eigenvalue weighted by molar-refractivity contribution is 8.27. The molecule has 0 bridgehead atoms. The van der Waals surface area contributed by atoms with Crippen LogP contribution >= 0.6 is 11.8 Å². The van der Waals surface area contributed by atoms with Crippen molar-refractivity contribution < 1.29 is 9.53 Å². The van der Waals surface area contributed by atoms with Crippen molar-refractivity contribution in [3.8, 4) is 11.4 Å². The van der Waals surface area contributed by atoms with Crippen LogP contribution in [0.15, 0.2) is 70.5 Å². The van der Waals surface area contributed by atoms with Crippen molar-refractivity contribution in [2.45, 2.75) is 20.8 Å². The molecular formula is C25H22N6O2S. The lowest BCUT2D eigenvalue weighted by Gasteiger charge is -2.20. The van der Waals surface area contributed by atoms with Gasteiger partial charge in [0.2, 0.25) is 5.17 Å². The first-order valence-corrected chi connectivity index (χ1v) is 11.6. The van der Waals surface area contributed by atoms with Crippen molar-refractivity contribution in [3.63, 3.8) is 0 Å². The average Bonchev–Trinajstić information content (AvgIpc) is 3.38. The Morgan fingerprint density at radius 3 is 2.76 bits per heavy atom. The maximum Gasteiger partial charge on any atom is 0.283 e. The number of amidine groups is 2. The molecule has 0 unspecified atom stereocenters. The van der Waals surface area contributed by atoms with E-state index in [1.165, 1.54) is 16.8 Å². The highest BCUT2D eigenvalue weighted by Gasteiger charge is 2.36. The van der Waals surface area contributed by atoms with E-state index in [1.54, 1.807) is 18.5 Å². The van der Waals surface area contributed by atoms with Gasteiger partial charge in [-0.1, -0.05) is 12.1 Å². The van der Waals surface area contributed by atoms with E-state index in [-0.39, 0.29) is 11.4 Å². The number of aryl methyl sites for hydroxylation is 1. The number of aromatic nitrogens is 2. The number of para-hydroxylation sites is 2. The summed E-state index contributed by atoms with van der Waals surface area (Å²) >= 11 is 1.26. The number of fused-ring (bicyclic) bond motifs is 1. The summed E-state index contributed by atoms with van der Waals surface area (Å²) in [6.07, 6.45) is 5.10. The first kappa shape index (κ1) is 21.8. The molecule has 1 N–H and O–H groups in total. The molecule has 34 heavy (non-hydrogen) atoms. The number of hydrazone groups is 1. The van der Waals surface area contributed by atoms with Crippen molar-refractivity contribution in [2.75, 3.05) is 6.61 Å². The molecule has 4 heterocycles. The molecule has 0 saturated carbocycles. The Bertz CT molecular complexity index is 1400. The molecule has 9 heteroatoms. The maximum atomic E-state index is 12.9. The van der Waals surface area contributed by atoms with Crippen LogP contribution in [0.4, 0.5) is 0 Å². The summed E-state index contributed by atoms with van der Waals surface area (Å²) in [5.74, 6) is 0.333. The molecule has 0 spiro atoms. The summed E-state index contributed by atoms with van der Waals surface area (Å²) < 4.78 is 7.91. The molecule has 5 rings (SSSR count). The minimum atomic E-state index is -0.453. The number of thioether (sulfide) groups is 1. The number of nitrogens with one attached hydrogen (secondary N) is 1. The monoisotopic (exact) mass is 470 g/mol. The van der Waals surface area contributed by atoms with Gasteiger partial charge in [-0.2, -0.15) is 15.1 Å². The van der Waals surface area contributed by atoms with E-state index in [4.69, 9.17) is 10.1 Å². The molecule has 2 aliphatic heterocycles. The van der Waals surface area contributed by atoms with E-state index in [0.717, 1.165) is 34.0 Å². The number of nitrogens with zero attached hydrogens (tertiary/aromatic N) is 5. The summed E-state index contributed by atoms with van der Waals surface area (Å²) in [7, 11) is 0. The molecule has 1 amide bonds. The highest BCUT2D eigenvalue weighted by atomic mass is 32.2. The first-order chi connectivity index (χ1) is 16.5. The van der Waals surface area contributed by atoms with Gasteiger partial charge in [0, 0.05) is 29.3 Å². The predicted molar refractivity (Wildman–Crippen MR) is 135 cm³/mol. The van der Waals surface area contributed by atoms with Crippen LogP contribution in [-0.2, 0) is 4.79 Å². The lowest BCUT2D eigenvalue weighted by molar-refractivity contribution is -0.114. The second-order valence-electron chi connectivity index (χ2n) is 7.73. The van der Waals surface area contributed by atoms with Gasteiger partial charge in [-0.05, 0) is 74.5 Å². The van der Waals surface area contributed by atoms with E-state index in [2.05, 4.69) is 19.6 Å². The molecule has 0 radical (unpaired) electrons. The van der Waals surface area contributed by atoms with Gasteiger partial charge >= 0.3 is 0 Å². The fourth-order valence-electron chi connectivity index (χ4n) is 3.98. The molecule has 0 fully saturated rings. The van der Waals surface area contributed by atoms with Crippen molar-refractivity contribution in [2.24, 2.45) is 10.1 Å². The summed E-state index contributed by atoms with van der Waals surface area (Å²) in [5.41, 5.74) is 4.69. The van der Waals surface area contributed by atoms with Gasteiger partial charge in [0.1, 0.15) is 10.8 Å². The van der Waals surface area contributed by atoms with Gasteiger partial charge in [-0.25, -0.2) is 0 Å². The minimum Gasteiger partial charge on any atom is -0.492 e. The number of hydrogen-bond acceptors (Lipinski definition) is 6. The zero-order chi connectivity index (χ0) is 23.8. The number of rotatable bonds is 5. The second-order valence-corrected chi connectivity index (χ2v) is 8.69. The lowest BCUT2D eigenvalue weighted by Crippen LogP contribution is -2.35. The van der Waals surface area contributed by atoms with Crippen molar-refractivity contribution in [1.29, 1.82) is 5.41 Å². The summed E-state index contributed by atoms with van der Waals surface area (Å²) in [6.45, 7) is 6.51. The van der Waals surface area contributed by atoms with E-state index in [9.17, 15) is 4.79 Å². The molecule has 2 aliphatic rings. The predicted octanol–water partition coefficient (Wildman–Crippen LogP) is 4.56. The quantitative estimate of drug-likeness (QED) is 0.552. The number of benzene rings is 1. The van der Waals surface area contributed by atoms with Crippen LogP contribution in [0.5, 0.6) is 5.75 Å². The Balaban J connectivity index is 1.52. The number of carbonyl (C=O) groups is 1. The third-order valence-corrected chi connectivity index (χ3v) is 6.50. The smallest absolute Gasteiger partial charge is 0.283 e. The lowest BCUT2D eigenvalue weighted by atomic mass is 10.1. The average molecular weight is 471 g/mol. The number of carbonyl (C=O) groups excluding carboxylic acids is 1. The van der Waals surface area contributed by atoms with Gasteiger partial charge in [0.15, 0.2) is 5.84 Å². The van der Waals surface area contributed by atoms with Crippen LogP contribution in [0.25, 0.3) is 11.8 Å². The second kappa shape index (κ2) is 8.75. The van der Waals surface area contributed by atoms with Crippen LogP contribution in [-0.4, -0.2) is 43.1 Å². The Morgan fingerprint density at radius 2 is 2.00 bits per heavy atom. The van der Waals surface area contributed by atoms with Crippen LogP contribution in [0, 0.1) is 19.3 Å². The fraction of sp³-hybridized carbons (Fsp3) is 0.160. The number of amides is 1. The molecule has 2 aromatic heterocycles. The van der Waals surface area contributed by atoms with Gasteiger partial charge in [-0.15, -0.1) is 0 Å². The van der Waals surface area contributed by atoms with E-state index in [1.807, 2.05) is 63.2 Å². The van der Waals surface area contributed by atoms with Crippen molar-refractivity contribution in [1.82, 2.24) is 14.6 Å².